The summed E-state index contributed by atoms with van der Waals surface area (Å²) in [6.45, 7) is 0.455. The summed E-state index contributed by atoms with van der Waals surface area (Å²) in [4.78, 5) is 0.793. The second-order valence-electron chi connectivity index (χ2n) is 2.69. The molecule has 0 amide bonds. The molecular weight excluding hydrogens is 191 g/mol. The predicted molar refractivity (Wildman–Crippen MR) is 40.8 cm³/mol. The molecule has 1 aliphatic heterocycles. The van der Waals surface area contributed by atoms with Gasteiger partial charge in [0.25, 0.3) is 0 Å². The topological polar surface area (TPSA) is 3.24 Å². The largest absolute Gasteiger partial charge is 0.358 e. The molecule has 70 valence electrons. The number of hydrogen-bond acceptors (Lipinski definition) is 1. The smallest absolute Gasteiger partial charge is 0.238 e. The van der Waals surface area contributed by atoms with E-state index in [2.05, 4.69) is 0 Å². The van der Waals surface area contributed by atoms with E-state index in [0.29, 0.717) is 18.4 Å². The molecule has 1 saturated heterocycles. The molecule has 1 fully saturated rings. The summed E-state index contributed by atoms with van der Waals surface area (Å²) < 4.78 is 38.3. The van der Waals surface area contributed by atoms with Crippen LogP contribution in [0.4, 0.5) is 13.2 Å². The minimum absolute atomic E-state index is 0.227. The van der Waals surface area contributed by atoms with Crippen LogP contribution in [0.2, 0.25) is 0 Å². The molecule has 0 aromatic rings. The summed E-state index contributed by atoms with van der Waals surface area (Å²) >= 11 is 4.87. The highest BCUT2D eigenvalue weighted by Gasteiger charge is 2.43. The highest BCUT2D eigenvalue weighted by molar-refractivity contribution is 6.25. The third-order valence-electron chi connectivity index (χ3n) is 1.89. The fourth-order valence-electron chi connectivity index (χ4n) is 1.21. The second-order valence-corrected chi connectivity index (χ2v) is 2.91. The summed E-state index contributed by atoms with van der Waals surface area (Å²) in [5, 5.41) is 0. The Balaban J connectivity index is 2.69. The number of hydrogen-bond donors (Lipinski definition) is 0. The monoisotopic (exact) mass is 199 g/mol. The van der Waals surface area contributed by atoms with Crippen molar-refractivity contribution >= 4 is 11.6 Å². The van der Waals surface area contributed by atoms with Crippen LogP contribution in [0.3, 0.4) is 0 Å². The number of likely N-dealkylation sites (tertiary alicyclic amines) is 1. The molecule has 0 radical (unpaired) electrons. The fourth-order valence-corrected chi connectivity index (χ4v) is 1.35. The van der Waals surface area contributed by atoms with Crippen molar-refractivity contribution in [1.82, 2.24) is 4.90 Å². The van der Waals surface area contributed by atoms with E-state index in [4.69, 9.17) is 11.6 Å². The van der Waals surface area contributed by atoms with Crippen LogP contribution >= 0.6 is 11.6 Å². The summed E-state index contributed by atoms with van der Waals surface area (Å²) in [6.07, 6.45) is 1.37. The summed E-state index contributed by atoms with van der Waals surface area (Å²) in [7, 11) is 0. The van der Waals surface area contributed by atoms with Gasteiger partial charge in [-0.2, -0.15) is 8.78 Å². The van der Waals surface area contributed by atoms with Crippen LogP contribution in [-0.2, 0) is 0 Å². The summed E-state index contributed by atoms with van der Waals surface area (Å²) in [5.41, 5.74) is 0.290. The Morgan fingerprint density at radius 3 is 2.25 bits per heavy atom. The highest BCUT2D eigenvalue weighted by Crippen LogP contribution is 2.32. The van der Waals surface area contributed by atoms with Gasteiger partial charge >= 0.3 is 6.05 Å². The molecular formula is C7H9ClF3N. The summed E-state index contributed by atoms with van der Waals surface area (Å²) in [6, 6.07) is -3.52. The highest BCUT2D eigenvalue weighted by atomic mass is 35.5. The molecule has 0 unspecified atom stereocenters. The zero-order chi connectivity index (χ0) is 9.19. The van der Waals surface area contributed by atoms with E-state index >= 15 is 0 Å². The number of nitrogens with zero attached hydrogens (tertiary/aromatic N) is 1. The van der Waals surface area contributed by atoms with Crippen molar-refractivity contribution in [1.29, 1.82) is 0 Å². The standard InChI is InChI=1S/C7H9ClF3N/c8-5-6(9)7(10,11)12-3-1-2-4-12/h5H,1-4H2/b6-5-. The third-order valence-corrected chi connectivity index (χ3v) is 2.08. The first-order valence-electron chi connectivity index (χ1n) is 3.68. The maximum atomic E-state index is 12.9. The van der Waals surface area contributed by atoms with Gasteiger partial charge in [0.2, 0.25) is 0 Å². The van der Waals surface area contributed by atoms with E-state index in [0.717, 1.165) is 4.90 Å². The Kier molecular flexibility index (Phi) is 3.01. The zero-order valence-electron chi connectivity index (χ0n) is 6.36. The average molecular weight is 200 g/mol. The molecule has 12 heavy (non-hydrogen) atoms. The minimum Gasteiger partial charge on any atom is -0.238 e. The van der Waals surface area contributed by atoms with Crippen molar-refractivity contribution in [2.75, 3.05) is 13.1 Å². The van der Waals surface area contributed by atoms with E-state index < -0.39 is 11.9 Å². The van der Waals surface area contributed by atoms with Crippen LogP contribution in [0, 0.1) is 0 Å². The van der Waals surface area contributed by atoms with Gasteiger partial charge in [-0.1, -0.05) is 11.6 Å². The first-order valence-corrected chi connectivity index (χ1v) is 4.12. The Labute approximate surface area is 73.8 Å². The predicted octanol–water partition coefficient (Wildman–Crippen LogP) is 2.72. The van der Waals surface area contributed by atoms with Crippen LogP contribution in [-0.4, -0.2) is 24.0 Å². The Morgan fingerprint density at radius 1 is 1.33 bits per heavy atom. The lowest BCUT2D eigenvalue weighted by molar-refractivity contribution is -0.117. The third kappa shape index (κ3) is 1.75. The molecule has 1 rings (SSSR count). The first kappa shape index (κ1) is 9.86. The van der Waals surface area contributed by atoms with Gasteiger partial charge in [0, 0.05) is 18.6 Å². The van der Waals surface area contributed by atoms with Crippen molar-refractivity contribution in [2.45, 2.75) is 18.9 Å². The maximum Gasteiger partial charge on any atom is 0.358 e. The van der Waals surface area contributed by atoms with Crippen molar-refractivity contribution in [3.05, 3.63) is 11.4 Å². The van der Waals surface area contributed by atoms with Gasteiger partial charge in [0.1, 0.15) is 0 Å². The molecule has 0 saturated carbocycles. The van der Waals surface area contributed by atoms with Crippen molar-refractivity contribution in [3.8, 4) is 0 Å². The van der Waals surface area contributed by atoms with Crippen LogP contribution in [0.5, 0.6) is 0 Å². The SMILES string of the molecule is F/C(=C\Cl)C(F)(F)N1CCCC1. The molecule has 1 heterocycles. The summed E-state index contributed by atoms with van der Waals surface area (Å²) in [5.74, 6) is -1.58. The molecule has 0 aromatic carbocycles. The Hall–Kier alpha value is -0.220. The van der Waals surface area contributed by atoms with Crippen LogP contribution in [0.1, 0.15) is 12.8 Å². The number of halogens is 4. The minimum atomic E-state index is -3.52. The van der Waals surface area contributed by atoms with E-state index in [1.165, 1.54) is 0 Å². The lowest BCUT2D eigenvalue weighted by Gasteiger charge is -2.24. The van der Waals surface area contributed by atoms with E-state index in [-0.39, 0.29) is 13.1 Å². The van der Waals surface area contributed by atoms with Gasteiger partial charge in [-0.3, -0.25) is 0 Å². The molecule has 0 aromatic heterocycles. The van der Waals surface area contributed by atoms with Gasteiger partial charge in [0.05, 0.1) is 0 Å². The Morgan fingerprint density at radius 2 is 1.83 bits per heavy atom. The van der Waals surface area contributed by atoms with Gasteiger partial charge in [-0.05, 0) is 12.8 Å². The van der Waals surface area contributed by atoms with Gasteiger partial charge < -0.3 is 0 Å². The second kappa shape index (κ2) is 3.66. The van der Waals surface area contributed by atoms with Crippen molar-refractivity contribution in [2.24, 2.45) is 0 Å². The van der Waals surface area contributed by atoms with Gasteiger partial charge in [0.15, 0.2) is 5.83 Å². The molecule has 1 nitrogen and oxygen atoms in total. The van der Waals surface area contributed by atoms with E-state index in [9.17, 15) is 13.2 Å². The van der Waals surface area contributed by atoms with Gasteiger partial charge in [-0.15, -0.1) is 0 Å². The normalized spacial score (nSPS) is 21.8. The van der Waals surface area contributed by atoms with Crippen LogP contribution in [0.15, 0.2) is 11.4 Å². The van der Waals surface area contributed by atoms with E-state index in [1.807, 2.05) is 0 Å². The maximum absolute atomic E-state index is 12.9. The van der Waals surface area contributed by atoms with Crippen LogP contribution in [0.25, 0.3) is 0 Å². The zero-order valence-corrected chi connectivity index (χ0v) is 7.12. The molecule has 0 atom stereocenters. The molecule has 1 aliphatic rings. The van der Waals surface area contributed by atoms with E-state index in [1.54, 1.807) is 0 Å². The quantitative estimate of drug-likeness (QED) is 0.618. The lowest BCUT2D eigenvalue weighted by Crippen LogP contribution is -2.39. The lowest BCUT2D eigenvalue weighted by atomic mass is 10.4. The average Bonchev–Trinajstić information content (AvgIpc) is 2.55. The van der Waals surface area contributed by atoms with Crippen molar-refractivity contribution < 1.29 is 13.2 Å². The van der Waals surface area contributed by atoms with Crippen LogP contribution < -0.4 is 0 Å². The first-order chi connectivity index (χ1) is 5.59. The van der Waals surface area contributed by atoms with Gasteiger partial charge in [-0.25, -0.2) is 9.29 Å². The fraction of sp³-hybridized carbons (Fsp3) is 0.714. The molecule has 0 spiro atoms. The number of alkyl halides is 2. The molecule has 0 bridgehead atoms. The molecule has 0 aliphatic carbocycles. The number of rotatable bonds is 2. The molecule has 0 N–H and O–H groups in total. The van der Waals surface area contributed by atoms with Crippen molar-refractivity contribution in [3.63, 3.8) is 0 Å². The Bertz CT molecular complexity index is 187. The molecule has 5 heteroatoms.